The number of ether oxygens (including phenoxy) is 2. The molecule has 0 aliphatic heterocycles. The van der Waals surface area contributed by atoms with E-state index in [9.17, 15) is 9.59 Å². The summed E-state index contributed by atoms with van der Waals surface area (Å²) in [6.45, 7) is 4.33. The lowest BCUT2D eigenvalue weighted by Gasteiger charge is -2.23. The van der Waals surface area contributed by atoms with Crippen molar-refractivity contribution in [3.05, 3.63) is 78.2 Å². The molecule has 0 N–H and O–H groups in total. The Balaban J connectivity index is 1.73. The van der Waals surface area contributed by atoms with Crippen molar-refractivity contribution in [2.45, 2.75) is 13.5 Å². The number of carbonyl (C=O) groups is 2. The minimum Gasteiger partial charge on any atom is -0.465 e. The molecule has 180 valence electrons. The summed E-state index contributed by atoms with van der Waals surface area (Å²) in [6.07, 6.45) is 3.48. The van der Waals surface area contributed by atoms with Gasteiger partial charge in [-0.1, -0.05) is 35.5 Å². The lowest BCUT2D eigenvalue weighted by molar-refractivity contribution is 0.0549. The number of methoxy groups -OCH3 is 2. The third kappa shape index (κ3) is 4.91. The van der Waals surface area contributed by atoms with Gasteiger partial charge in [-0.2, -0.15) is 5.10 Å². The molecule has 0 spiro atoms. The zero-order chi connectivity index (χ0) is 24.8. The molecule has 2 aromatic carbocycles. The lowest BCUT2D eigenvalue weighted by atomic mass is 10.0. The Bertz CT molecular complexity index is 1280. The molecule has 0 amide bonds. The minimum absolute atomic E-state index is 0.00708. The van der Waals surface area contributed by atoms with E-state index in [1.54, 1.807) is 23.0 Å². The summed E-state index contributed by atoms with van der Waals surface area (Å²) in [5.41, 5.74) is 2.68. The molecule has 35 heavy (non-hydrogen) atoms. The highest BCUT2D eigenvalue weighted by molar-refractivity contribution is 6.06. The topological polar surface area (TPSA) is 104 Å². The van der Waals surface area contributed by atoms with E-state index in [-0.39, 0.29) is 11.3 Å². The van der Waals surface area contributed by atoms with Crippen LogP contribution in [-0.4, -0.2) is 64.0 Å². The number of carbonyl (C=O) groups excluding carboxylic acids is 2. The van der Waals surface area contributed by atoms with E-state index in [0.717, 1.165) is 18.8 Å². The van der Waals surface area contributed by atoms with Crippen LogP contribution in [0.4, 0.5) is 5.69 Å². The highest BCUT2D eigenvalue weighted by Crippen LogP contribution is 2.30. The van der Waals surface area contributed by atoms with Gasteiger partial charge in [0.25, 0.3) is 0 Å². The van der Waals surface area contributed by atoms with Gasteiger partial charge >= 0.3 is 11.9 Å². The number of anilines is 1. The number of esters is 2. The average Bonchev–Trinajstić information content (AvgIpc) is 3.57. The van der Waals surface area contributed by atoms with E-state index in [4.69, 9.17) is 9.47 Å². The van der Waals surface area contributed by atoms with Gasteiger partial charge in [0.2, 0.25) is 0 Å². The predicted molar refractivity (Wildman–Crippen MR) is 130 cm³/mol. The Labute approximate surface area is 202 Å². The largest absolute Gasteiger partial charge is 0.465 e. The Morgan fingerprint density at radius 2 is 1.69 bits per heavy atom. The Morgan fingerprint density at radius 1 is 0.971 bits per heavy atom. The third-order valence-corrected chi connectivity index (χ3v) is 5.61. The van der Waals surface area contributed by atoms with Gasteiger partial charge in [-0.05, 0) is 31.2 Å². The Morgan fingerprint density at radius 3 is 2.29 bits per heavy atom. The summed E-state index contributed by atoms with van der Waals surface area (Å²) >= 11 is 0. The second-order valence-corrected chi connectivity index (χ2v) is 7.60. The number of benzene rings is 2. The Hall–Kier alpha value is -4.47. The Kier molecular flexibility index (Phi) is 7.20. The van der Waals surface area contributed by atoms with Gasteiger partial charge in [0, 0.05) is 30.5 Å². The zero-order valence-corrected chi connectivity index (χ0v) is 19.8. The molecule has 0 radical (unpaired) electrons. The van der Waals surface area contributed by atoms with Gasteiger partial charge in [-0.25, -0.2) is 14.3 Å². The van der Waals surface area contributed by atoms with Crippen molar-refractivity contribution in [2.24, 2.45) is 0 Å². The maximum atomic E-state index is 12.8. The summed E-state index contributed by atoms with van der Waals surface area (Å²) in [4.78, 5) is 27.7. The fourth-order valence-corrected chi connectivity index (χ4v) is 3.83. The standard InChI is InChI=1S/C25H26N6O4/c1-4-29(16-17-30-15-14-26-28-30)19-12-10-18(11-13-19)22-21(24(32)34-2)23(25(33)35-3)31(27-22)20-8-6-5-7-9-20/h5-15H,4,16-17H2,1-3H3. The first-order valence-electron chi connectivity index (χ1n) is 11.1. The molecule has 0 saturated carbocycles. The molecule has 0 aliphatic carbocycles. The molecule has 0 fully saturated rings. The van der Waals surface area contributed by atoms with Gasteiger partial charge in [0.1, 0.15) is 11.3 Å². The smallest absolute Gasteiger partial charge is 0.357 e. The summed E-state index contributed by atoms with van der Waals surface area (Å²) in [6, 6.07) is 16.8. The van der Waals surface area contributed by atoms with E-state index in [1.165, 1.54) is 18.9 Å². The molecule has 10 heteroatoms. The van der Waals surface area contributed by atoms with Crippen LogP contribution in [0.5, 0.6) is 0 Å². The fourth-order valence-electron chi connectivity index (χ4n) is 3.83. The van der Waals surface area contributed by atoms with Gasteiger partial charge in [0.05, 0.1) is 32.6 Å². The first kappa shape index (κ1) is 23.7. The first-order valence-corrected chi connectivity index (χ1v) is 11.1. The van der Waals surface area contributed by atoms with Gasteiger partial charge < -0.3 is 14.4 Å². The highest BCUT2D eigenvalue weighted by atomic mass is 16.5. The first-order chi connectivity index (χ1) is 17.1. The van der Waals surface area contributed by atoms with Crippen molar-refractivity contribution in [1.29, 1.82) is 0 Å². The van der Waals surface area contributed by atoms with Crippen LogP contribution in [0, 0.1) is 0 Å². The van der Waals surface area contributed by atoms with E-state index in [0.29, 0.717) is 23.5 Å². The normalized spacial score (nSPS) is 10.7. The molecular weight excluding hydrogens is 448 g/mol. The summed E-state index contributed by atoms with van der Waals surface area (Å²) in [5, 5.41) is 12.5. The van der Waals surface area contributed by atoms with E-state index in [2.05, 4.69) is 27.2 Å². The number of hydrogen-bond acceptors (Lipinski definition) is 8. The number of aromatic nitrogens is 5. The molecule has 4 aromatic rings. The summed E-state index contributed by atoms with van der Waals surface area (Å²) in [5.74, 6) is -1.36. The number of rotatable bonds is 9. The van der Waals surface area contributed by atoms with E-state index in [1.807, 2.05) is 48.7 Å². The van der Waals surface area contributed by atoms with Crippen LogP contribution in [0.15, 0.2) is 67.0 Å². The van der Waals surface area contributed by atoms with Crippen LogP contribution < -0.4 is 4.90 Å². The van der Waals surface area contributed by atoms with Gasteiger partial charge in [0.15, 0.2) is 5.69 Å². The molecular formula is C25H26N6O4. The van der Waals surface area contributed by atoms with E-state index >= 15 is 0 Å². The molecule has 0 bridgehead atoms. The second-order valence-electron chi connectivity index (χ2n) is 7.60. The van der Waals surface area contributed by atoms with Crippen molar-refractivity contribution < 1.29 is 19.1 Å². The molecule has 2 aromatic heterocycles. The van der Waals surface area contributed by atoms with Crippen LogP contribution >= 0.6 is 0 Å². The summed E-state index contributed by atoms with van der Waals surface area (Å²) in [7, 11) is 2.53. The third-order valence-electron chi connectivity index (χ3n) is 5.61. The van der Waals surface area contributed by atoms with Gasteiger partial charge in [-0.15, -0.1) is 5.10 Å². The average molecular weight is 475 g/mol. The summed E-state index contributed by atoms with van der Waals surface area (Å²) < 4.78 is 13.2. The van der Waals surface area contributed by atoms with Crippen molar-refractivity contribution in [1.82, 2.24) is 24.8 Å². The van der Waals surface area contributed by atoms with Crippen molar-refractivity contribution >= 4 is 17.6 Å². The van der Waals surface area contributed by atoms with Crippen LogP contribution in [0.1, 0.15) is 27.8 Å². The number of likely N-dealkylation sites (N-methyl/N-ethyl adjacent to an activating group) is 1. The SMILES string of the molecule is CCN(CCn1ccnn1)c1ccc(-c2nn(-c3ccccc3)c(C(=O)OC)c2C(=O)OC)cc1. The minimum atomic E-state index is -0.685. The predicted octanol–water partition coefficient (Wildman–Crippen LogP) is 3.23. The van der Waals surface area contributed by atoms with Gasteiger partial charge in [-0.3, -0.25) is 4.68 Å². The molecule has 0 aliphatic rings. The molecule has 0 saturated heterocycles. The van der Waals surface area contributed by atoms with Crippen LogP contribution in [0.3, 0.4) is 0 Å². The number of nitrogens with zero attached hydrogens (tertiary/aromatic N) is 6. The number of para-hydroxylation sites is 1. The maximum absolute atomic E-state index is 12.8. The molecule has 10 nitrogen and oxygen atoms in total. The van der Waals surface area contributed by atoms with Crippen molar-refractivity contribution in [3.63, 3.8) is 0 Å². The van der Waals surface area contributed by atoms with Crippen LogP contribution in [0.2, 0.25) is 0 Å². The fraction of sp³-hybridized carbons (Fsp3) is 0.240. The lowest BCUT2D eigenvalue weighted by Crippen LogP contribution is -2.27. The van der Waals surface area contributed by atoms with E-state index < -0.39 is 11.9 Å². The molecule has 0 unspecified atom stereocenters. The maximum Gasteiger partial charge on any atom is 0.357 e. The van der Waals surface area contributed by atoms with Crippen LogP contribution in [0.25, 0.3) is 16.9 Å². The quantitative estimate of drug-likeness (QED) is 0.341. The van der Waals surface area contributed by atoms with Crippen molar-refractivity contribution in [2.75, 3.05) is 32.2 Å². The highest BCUT2D eigenvalue weighted by Gasteiger charge is 2.31. The molecule has 0 atom stereocenters. The number of hydrogen-bond donors (Lipinski definition) is 0. The van der Waals surface area contributed by atoms with Crippen LogP contribution in [-0.2, 0) is 16.0 Å². The second kappa shape index (κ2) is 10.6. The zero-order valence-electron chi connectivity index (χ0n) is 19.8. The molecule has 4 rings (SSSR count). The monoisotopic (exact) mass is 474 g/mol. The van der Waals surface area contributed by atoms with Crippen molar-refractivity contribution in [3.8, 4) is 16.9 Å². The molecule has 2 heterocycles.